The molecule has 1 fully saturated rings. The minimum absolute atomic E-state index is 0.0749. The Balaban J connectivity index is 1.67. The van der Waals surface area contributed by atoms with Crippen LogP contribution in [0.4, 0.5) is 5.69 Å². The molecule has 4 rings (SSSR count). The Labute approximate surface area is 140 Å². The molecule has 0 radical (unpaired) electrons. The average Bonchev–Trinajstić information content (AvgIpc) is 2.54. The first-order chi connectivity index (χ1) is 11.7. The van der Waals surface area contributed by atoms with Crippen molar-refractivity contribution in [3.63, 3.8) is 0 Å². The van der Waals surface area contributed by atoms with Gasteiger partial charge in [0.1, 0.15) is 5.84 Å². The van der Waals surface area contributed by atoms with E-state index in [0.717, 1.165) is 11.3 Å². The van der Waals surface area contributed by atoms with Crippen molar-refractivity contribution in [1.29, 1.82) is 0 Å². The fourth-order valence-corrected chi connectivity index (χ4v) is 2.66. The second-order valence-electron chi connectivity index (χ2n) is 5.92. The number of amidine groups is 1. The van der Waals surface area contributed by atoms with Gasteiger partial charge in [0.15, 0.2) is 0 Å². The van der Waals surface area contributed by atoms with E-state index in [1.807, 2.05) is 60.7 Å². The Morgan fingerprint density at radius 2 is 1.67 bits per heavy atom. The maximum absolute atomic E-state index is 6.50. The molecule has 1 unspecified atom stereocenters. The molecule has 0 bridgehead atoms. The molecule has 0 aromatic heterocycles. The minimum Gasteiger partial charge on any atom is -0.380 e. The van der Waals surface area contributed by atoms with Gasteiger partial charge in [0.25, 0.3) is 0 Å². The first-order valence-corrected chi connectivity index (χ1v) is 7.94. The van der Waals surface area contributed by atoms with E-state index in [-0.39, 0.29) is 5.92 Å². The smallest absolute Gasteiger partial charge is 0.215 e. The number of rotatable bonds is 3. The molecule has 4 N–H and O–H groups in total. The Bertz CT molecular complexity index is 771. The van der Waals surface area contributed by atoms with E-state index in [0.29, 0.717) is 25.0 Å². The minimum atomic E-state index is -1.02. The van der Waals surface area contributed by atoms with E-state index < -0.39 is 5.79 Å². The number of nitrogens with two attached hydrogens (primary N) is 1. The van der Waals surface area contributed by atoms with E-state index in [4.69, 9.17) is 10.5 Å². The van der Waals surface area contributed by atoms with Crippen LogP contribution in [0, 0.1) is 5.92 Å². The Morgan fingerprint density at radius 1 is 1.00 bits per heavy atom. The van der Waals surface area contributed by atoms with Crippen molar-refractivity contribution in [2.45, 2.75) is 5.79 Å². The lowest BCUT2D eigenvalue weighted by molar-refractivity contribution is -0.0661. The molecule has 2 heterocycles. The number of benzene rings is 2. The van der Waals surface area contributed by atoms with Crippen LogP contribution in [0.15, 0.2) is 70.6 Å². The predicted octanol–water partition coefficient (Wildman–Crippen LogP) is 1.76. The summed E-state index contributed by atoms with van der Waals surface area (Å²) in [6.07, 6.45) is 0. The monoisotopic (exact) mass is 321 g/mol. The summed E-state index contributed by atoms with van der Waals surface area (Å²) in [7, 11) is 0. The number of aliphatic imine (C=N–C) groups is 2. The fourth-order valence-electron chi connectivity index (χ4n) is 2.66. The van der Waals surface area contributed by atoms with E-state index >= 15 is 0 Å². The molecule has 6 nitrogen and oxygen atoms in total. The molecule has 2 aliphatic heterocycles. The lowest BCUT2D eigenvalue weighted by Crippen LogP contribution is -2.58. The number of hydrogen-bond acceptors (Lipinski definition) is 6. The van der Waals surface area contributed by atoms with Crippen molar-refractivity contribution in [1.82, 2.24) is 5.32 Å². The van der Waals surface area contributed by atoms with Gasteiger partial charge in [0.2, 0.25) is 11.7 Å². The number of anilines is 1. The van der Waals surface area contributed by atoms with Gasteiger partial charge in [-0.05, 0) is 12.1 Å². The first kappa shape index (κ1) is 14.9. The SMILES string of the molecule is NC1(C2COC2)N=C(Nc2ccccc2)NC(c2ccccc2)=N1. The molecule has 1 saturated heterocycles. The molecular weight excluding hydrogens is 302 g/mol. The lowest BCUT2D eigenvalue weighted by atomic mass is 9.99. The molecular formula is C18H19N5O. The van der Waals surface area contributed by atoms with Gasteiger partial charge in [0, 0.05) is 11.3 Å². The second kappa shape index (κ2) is 6.07. The van der Waals surface area contributed by atoms with E-state index in [9.17, 15) is 0 Å². The number of ether oxygens (including phenoxy) is 1. The molecule has 0 saturated carbocycles. The van der Waals surface area contributed by atoms with Crippen LogP contribution >= 0.6 is 0 Å². The highest BCUT2D eigenvalue weighted by atomic mass is 16.5. The summed E-state index contributed by atoms with van der Waals surface area (Å²) in [5.41, 5.74) is 8.40. The van der Waals surface area contributed by atoms with Crippen molar-refractivity contribution in [2.24, 2.45) is 21.6 Å². The number of nitrogens with zero attached hydrogens (tertiary/aromatic N) is 2. The van der Waals surface area contributed by atoms with Gasteiger partial charge in [-0.1, -0.05) is 48.5 Å². The summed E-state index contributed by atoms with van der Waals surface area (Å²) >= 11 is 0. The fraction of sp³-hybridized carbons (Fsp3) is 0.222. The highest BCUT2D eigenvalue weighted by Gasteiger charge is 2.42. The molecule has 2 aromatic carbocycles. The van der Waals surface area contributed by atoms with Gasteiger partial charge in [-0.15, -0.1) is 0 Å². The Morgan fingerprint density at radius 3 is 2.29 bits per heavy atom. The van der Waals surface area contributed by atoms with Crippen molar-refractivity contribution < 1.29 is 4.74 Å². The molecule has 2 aliphatic rings. The lowest BCUT2D eigenvalue weighted by Gasteiger charge is -2.39. The van der Waals surface area contributed by atoms with Crippen LogP contribution in [0.2, 0.25) is 0 Å². The van der Waals surface area contributed by atoms with Crippen LogP contribution < -0.4 is 16.4 Å². The predicted molar refractivity (Wildman–Crippen MR) is 94.8 cm³/mol. The second-order valence-corrected chi connectivity index (χ2v) is 5.92. The van der Waals surface area contributed by atoms with Crippen molar-refractivity contribution in [3.8, 4) is 0 Å². The summed E-state index contributed by atoms with van der Waals surface area (Å²) < 4.78 is 5.29. The number of hydrogen-bond donors (Lipinski definition) is 3. The summed E-state index contributed by atoms with van der Waals surface area (Å²) in [6.45, 7) is 1.15. The van der Waals surface area contributed by atoms with Gasteiger partial charge >= 0.3 is 0 Å². The molecule has 0 spiro atoms. The highest BCUT2D eigenvalue weighted by Crippen LogP contribution is 2.28. The topological polar surface area (TPSA) is 84.0 Å². The van der Waals surface area contributed by atoms with E-state index in [1.54, 1.807) is 0 Å². The van der Waals surface area contributed by atoms with Crippen molar-refractivity contribution >= 4 is 17.5 Å². The number of nitrogens with one attached hydrogen (secondary N) is 2. The zero-order valence-corrected chi connectivity index (χ0v) is 13.1. The summed E-state index contributed by atoms with van der Waals surface area (Å²) in [5.74, 6) is 0.347. The molecule has 1 atom stereocenters. The molecule has 24 heavy (non-hydrogen) atoms. The molecule has 0 aliphatic carbocycles. The van der Waals surface area contributed by atoms with Crippen LogP contribution in [0.5, 0.6) is 0 Å². The van der Waals surface area contributed by atoms with Crippen LogP contribution in [0.25, 0.3) is 0 Å². The third-order valence-corrected chi connectivity index (χ3v) is 4.14. The highest BCUT2D eigenvalue weighted by molar-refractivity contribution is 6.13. The quantitative estimate of drug-likeness (QED) is 0.804. The third-order valence-electron chi connectivity index (χ3n) is 4.14. The Hall–Kier alpha value is -2.70. The maximum atomic E-state index is 6.50. The van der Waals surface area contributed by atoms with Gasteiger partial charge in [0.05, 0.1) is 19.1 Å². The van der Waals surface area contributed by atoms with Crippen LogP contribution in [-0.4, -0.2) is 30.8 Å². The summed E-state index contributed by atoms with van der Waals surface area (Å²) in [6, 6.07) is 19.8. The standard InChI is InChI=1S/C18H19N5O/c19-18(14-11-24-12-14)22-16(13-7-3-1-4-8-13)21-17(23-18)20-15-9-5-2-6-10-15/h1-10,14H,11-12,19H2,(H2,20,21,22,23). The number of para-hydroxylation sites is 1. The van der Waals surface area contributed by atoms with Gasteiger partial charge in [-0.25, -0.2) is 9.98 Å². The van der Waals surface area contributed by atoms with Crippen LogP contribution in [-0.2, 0) is 4.74 Å². The summed E-state index contributed by atoms with van der Waals surface area (Å²) in [5, 5.41) is 6.52. The zero-order valence-electron chi connectivity index (χ0n) is 13.1. The van der Waals surface area contributed by atoms with Crippen molar-refractivity contribution in [3.05, 3.63) is 66.2 Å². The normalized spacial score (nSPS) is 23.5. The molecule has 0 amide bonds. The van der Waals surface area contributed by atoms with Crippen LogP contribution in [0.1, 0.15) is 5.56 Å². The third kappa shape index (κ3) is 2.89. The van der Waals surface area contributed by atoms with Gasteiger partial charge < -0.3 is 15.4 Å². The first-order valence-electron chi connectivity index (χ1n) is 7.94. The Kier molecular flexibility index (Phi) is 3.76. The zero-order chi connectivity index (χ0) is 16.4. The molecule has 122 valence electrons. The maximum Gasteiger partial charge on any atom is 0.215 e. The largest absolute Gasteiger partial charge is 0.380 e. The summed E-state index contributed by atoms with van der Waals surface area (Å²) in [4.78, 5) is 9.29. The average molecular weight is 321 g/mol. The number of guanidine groups is 1. The molecule has 2 aromatic rings. The molecule has 6 heteroatoms. The van der Waals surface area contributed by atoms with E-state index in [1.165, 1.54) is 0 Å². The van der Waals surface area contributed by atoms with Crippen LogP contribution in [0.3, 0.4) is 0 Å². The van der Waals surface area contributed by atoms with Gasteiger partial charge in [-0.3, -0.25) is 5.73 Å². The van der Waals surface area contributed by atoms with Crippen molar-refractivity contribution in [2.75, 3.05) is 18.5 Å². The van der Waals surface area contributed by atoms with Gasteiger partial charge in [-0.2, -0.15) is 0 Å². The van der Waals surface area contributed by atoms with E-state index in [2.05, 4.69) is 20.6 Å².